The minimum atomic E-state index is -1.59. The number of carbonyl (C=O) groups is 2. The van der Waals surface area contributed by atoms with E-state index in [1.807, 2.05) is 0 Å². The van der Waals surface area contributed by atoms with Gasteiger partial charge >= 0.3 is 5.97 Å². The van der Waals surface area contributed by atoms with E-state index >= 15 is 0 Å². The Morgan fingerprint density at radius 3 is 2.40 bits per heavy atom. The summed E-state index contributed by atoms with van der Waals surface area (Å²) in [4.78, 5) is 21.7. The van der Waals surface area contributed by atoms with E-state index in [4.69, 9.17) is 10.2 Å². The summed E-state index contributed by atoms with van der Waals surface area (Å²) >= 11 is 0. The number of aliphatic hydroxyl groups is 2. The summed E-state index contributed by atoms with van der Waals surface area (Å²) in [6, 6.07) is 5.73. The number of aliphatic carboxylic acids is 1. The van der Waals surface area contributed by atoms with Gasteiger partial charge in [-0.25, -0.2) is 4.79 Å². The Kier molecular flexibility index (Phi) is 3.54. The zero-order valence-electron chi connectivity index (χ0n) is 7.75. The molecule has 3 N–H and O–H groups in total. The molecular weight excluding hydrogens is 200 g/mol. The molecule has 0 saturated carbocycles. The smallest absolute Gasteiger partial charge is 0.377 e. The third-order valence-corrected chi connectivity index (χ3v) is 1.93. The third-order valence-electron chi connectivity index (χ3n) is 1.93. The largest absolute Gasteiger partial charge is 0.475 e. The highest BCUT2D eigenvalue weighted by atomic mass is 16.4. The van der Waals surface area contributed by atoms with Gasteiger partial charge in [-0.2, -0.15) is 0 Å². The third kappa shape index (κ3) is 2.39. The van der Waals surface area contributed by atoms with Gasteiger partial charge in [-0.15, -0.1) is 0 Å². The molecule has 1 unspecified atom stereocenters. The number of carboxylic acid groups (broad SMARTS) is 1. The zero-order valence-corrected chi connectivity index (χ0v) is 7.75. The highest BCUT2D eigenvalue weighted by Crippen LogP contribution is 2.18. The molecule has 0 aliphatic carbocycles. The average molecular weight is 210 g/mol. The van der Waals surface area contributed by atoms with Gasteiger partial charge in [-0.3, -0.25) is 4.79 Å². The van der Waals surface area contributed by atoms with Crippen LogP contribution in [-0.4, -0.2) is 33.7 Å². The van der Waals surface area contributed by atoms with Crippen molar-refractivity contribution in [3.8, 4) is 0 Å². The Bertz CT molecular complexity index is 385. The maximum atomic E-state index is 11.2. The number of Topliss-reactive ketones (excluding diaryl/α,β-unsaturated/α-hetero) is 1. The Balaban J connectivity index is 3.17. The molecule has 1 aromatic carbocycles. The molecule has 0 aliphatic heterocycles. The second kappa shape index (κ2) is 4.68. The van der Waals surface area contributed by atoms with Gasteiger partial charge in [0.1, 0.15) is 6.10 Å². The summed E-state index contributed by atoms with van der Waals surface area (Å²) in [5.74, 6) is -2.69. The van der Waals surface area contributed by atoms with Crippen LogP contribution in [0.4, 0.5) is 0 Å². The van der Waals surface area contributed by atoms with Crippen molar-refractivity contribution in [3.63, 3.8) is 0 Å². The van der Waals surface area contributed by atoms with Crippen LogP contribution in [0.2, 0.25) is 0 Å². The molecule has 0 amide bonds. The number of hydrogen-bond donors (Lipinski definition) is 3. The molecule has 0 aliphatic rings. The van der Waals surface area contributed by atoms with Crippen LogP contribution in [0.25, 0.3) is 0 Å². The summed E-state index contributed by atoms with van der Waals surface area (Å²) in [6.45, 7) is -0.566. The highest BCUT2D eigenvalue weighted by Gasteiger charge is 2.21. The van der Waals surface area contributed by atoms with Gasteiger partial charge in [0.05, 0.1) is 6.61 Å². The molecule has 0 aromatic heterocycles. The van der Waals surface area contributed by atoms with Gasteiger partial charge in [0.2, 0.25) is 0 Å². The summed E-state index contributed by atoms with van der Waals surface area (Å²) in [5.41, 5.74) is 0.0129. The van der Waals surface area contributed by atoms with E-state index in [0.717, 1.165) is 0 Å². The van der Waals surface area contributed by atoms with Gasteiger partial charge in [-0.1, -0.05) is 24.3 Å². The topological polar surface area (TPSA) is 94.8 Å². The van der Waals surface area contributed by atoms with Crippen LogP contribution in [0.3, 0.4) is 0 Å². The molecule has 5 heteroatoms. The van der Waals surface area contributed by atoms with Gasteiger partial charge < -0.3 is 15.3 Å². The Morgan fingerprint density at radius 2 is 1.87 bits per heavy atom. The van der Waals surface area contributed by atoms with Crippen molar-refractivity contribution < 1.29 is 24.9 Å². The molecule has 1 rings (SSSR count). The first-order valence-electron chi connectivity index (χ1n) is 4.23. The van der Waals surface area contributed by atoms with E-state index in [1.54, 1.807) is 6.07 Å². The van der Waals surface area contributed by atoms with Crippen LogP contribution in [0.1, 0.15) is 22.0 Å². The molecule has 1 atom stereocenters. The van der Waals surface area contributed by atoms with Gasteiger partial charge in [0.15, 0.2) is 0 Å². The Labute approximate surface area is 85.6 Å². The SMILES string of the molecule is O=C(O)C(=O)c1ccccc1C(O)CO. The summed E-state index contributed by atoms with van der Waals surface area (Å²) in [5, 5.41) is 26.6. The van der Waals surface area contributed by atoms with Crippen molar-refractivity contribution in [1.82, 2.24) is 0 Å². The first-order chi connectivity index (χ1) is 7.07. The summed E-state index contributed by atoms with van der Waals surface area (Å²) in [7, 11) is 0. The fraction of sp³-hybridized carbons (Fsp3) is 0.200. The van der Waals surface area contributed by atoms with E-state index in [1.165, 1.54) is 18.2 Å². The predicted octanol–water partition coefficient (Wildman–Crippen LogP) is -0.0204. The van der Waals surface area contributed by atoms with Crippen LogP contribution < -0.4 is 0 Å². The van der Waals surface area contributed by atoms with E-state index < -0.39 is 24.5 Å². The molecule has 15 heavy (non-hydrogen) atoms. The molecule has 80 valence electrons. The predicted molar refractivity (Wildman–Crippen MR) is 50.5 cm³/mol. The lowest BCUT2D eigenvalue weighted by atomic mass is 9.99. The maximum absolute atomic E-state index is 11.2. The van der Waals surface area contributed by atoms with Crippen LogP contribution in [0, 0.1) is 0 Å². The highest BCUT2D eigenvalue weighted by molar-refractivity contribution is 6.40. The molecule has 0 fully saturated rings. The molecule has 0 radical (unpaired) electrons. The number of benzene rings is 1. The quantitative estimate of drug-likeness (QED) is 0.479. The number of hydrogen-bond acceptors (Lipinski definition) is 4. The number of carboxylic acids is 1. The fourth-order valence-electron chi connectivity index (χ4n) is 1.21. The standard InChI is InChI=1S/C10H10O5/c11-5-8(12)6-3-1-2-4-7(6)9(13)10(14)15/h1-4,8,11-12H,5H2,(H,14,15). The minimum Gasteiger partial charge on any atom is -0.475 e. The first kappa shape index (κ1) is 11.4. The van der Waals surface area contributed by atoms with Crippen LogP contribution in [0.5, 0.6) is 0 Å². The van der Waals surface area contributed by atoms with Crippen molar-refractivity contribution in [2.75, 3.05) is 6.61 Å². The lowest BCUT2D eigenvalue weighted by Gasteiger charge is -2.10. The summed E-state index contributed by atoms with van der Waals surface area (Å²) < 4.78 is 0. The van der Waals surface area contributed by atoms with E-state index in [9.17, 15) is 14.7 Å². The molecule has 0 bridgehead atoms. The lowest BCUT2D eigenvalue weighted by Crippen LogP contribution is -2.17. The van der Waals surface area contributed by atoms with Crippen molar-refractivity contribution in [1.29, 1.82) is 0 Å². The number of carbonyl (C=O) groups excluding carboxylic acids is 1. The second-order valence-corrected chi connectivity index (χ2v) is 2.92. The first-order valence-corrected chi connectivity index (χ1v) is 4.23. The van der Waals surface area contributed by atoms with E-state index in [0.29, 0.717) is 0 Å². The Hall–Kier alpha value is -1.72. The molecule has 5 nitrogen and oxygen atoms in total. The fourth-order valence-corrected chi connectivity index (χ4v) is 1.21. The lowest BCUT2D eigenvalue weighted by molar-refractivity contribution is -0.131. The van der Waals surface area contributed by atoms with Gasteiger partial charge in [0.25, 0.3) is 5.78 Å². The van der Waals surface area contributed by atoms with Crippen molar-refractivity contribution in [3.05, 3.63) is 35.4 Å². The number of ketones is 1. The zero-order chi connectivity index (χ0) is 11.4. The minimum absolute atomic E-state index is 0.105. The van der Waals surface area contributed by atoms with Gasteiger partial charge in [0, 0.05) is 5.56 Å². The van der Waals surface area contributed by atoms with Crippen LogP contribution in [-0.2, 0) is 4.79 Å². The molecule has 0 saturated heterocycles. The average Bonchev–Trinajstić information content (AvgIpc) is 2.27. The summed E-state index contributed by atoms with van der Waals surface area (Å²) in [6.07, 6.45) is -1.25. The van der Waals surface area contributed by atoms with Crippen LogP contribution in [0.15, 0.2) is 24.3 Å². The molecule has 0 heterocycles. The van der Waals surface area contributed by atoms with Crippen molar-refractivity contribution in [2.24, 2.45) is 0 Å². The van der Waals surface area contributed by atoms with Gasteiger partial charge in [-0.05, 0) is 5.56 Å². The molecule has 0 spiro atoms. The Morgan fingerprint density at radius 1 is 1.27 bits per heavy atom. The normalized spacial score (nSPS) is 12.1. The van der Waals surface area contributed by atoms with Crippen molar-refractivity contribution in [2.45, 2.75) is 6.10 Å². The van der Waals surface area contributed by atoms with E-state index in [-0.39, 0.29) is 11.1 Å². The van der Waals surface area contributed by atoms with Crippen LogP contribution >= 0.6 is 0 Å². The molecular formula is C10H10O5. The van der Waals surface area contributed by atoms with E-state index in [2.05, 4.69) is 0 Å². The maximum Gasteiger partial charge on any atom is 0.377 e. The van der Waals surface area contributed by atoms with Crippen molar-refractivity contribution >= 4 is 11.8 Å². The second-order valence-electron chi connectivity index (χ2n) is 2.92. The monoisotopic (exact) mass is 210 g/mol. The number of rotatable bonds is 4. The molecule has 1 aromatic rings. The number of aliphatic hydroxyl groups excluding tert-OH is 2.